The molecule has 2 aliphatic rings. The van der Waals surface area contributed by atoms with Crippen molar-refractivity contribution in [1.82, 2.24) is 14.9 Å². The van der Waals surface area contributed by atoms with E-state index in [4.69, 9.17) is 9.47 Å². The average Bonchev–Trinajstić information content (AvgIpc) is 2.62. The topological polar surface area (TPSA) is 64.6 Å². The number of allylic oxidation sites excluding steroid dienone is 2. The second-order valence-corrected chi connectivity index (χ2v) is 6.05. The molecule has 6 nitrogen and oxygen atoms in total. The predicted octanol–water partition coefficient (Wildman–Crippen LogP) is 2.21. The molecule has 0 N–H and O–H groups in total. The van der Waals surface area contributed by atoms with Crippen molar-refractivity contribution in [2.45, 2.75) is 38.2 Å². The van der Waals surface area contributed by atoms with Gasteiger partial charge in [-0.25, -0.2) is 0 Å². The van der Waals surface area contributed by atoms with Crippen LogP contribution in [0.1, 0.15) is 32.1 Å². The van der Waals surface area contributed by atoms with E-state index in [1.54, 1.807) is 19.5 Å². The van der Waals surface area contributed by atoms with Crippen molar-refractivity contribution in [2.24, 2.45) is 5.92 Å². The van der Waals surface area contributed by atoms with Crippen molar-refractivity contribution in [3.8, 4) is 11.8 Å². The fourth-order valence-corrected chi connectivity index (χ4v) is 3.17. The fourth-order valence-electron chi connectivity index (χ4n) is 3.17. The maximum Gasteiger partial charge on any atom is 0.235 e. The van der Waals surface area contributed by atoms with Gasteiger partial charge in [0.15, 0.2) is 0 Å². The van der Waals surface area contributed by atoms with Crippen LogP contribution in [-0.4, -0.2) is 47.1 Å². The summed E-state index contributed by atoms with van der Waals surface area (Å²) in [5.41, 5.74) is 0. The highest BCUT2D eigenvalue weighted by molar-refractivity contribution is 5.79. The molecular formula is C17H23N3O3. The number of likely N-dealkylation sites (tertiary alicyclic amines) is 1. The van der Waals surface area contributed by atoms with Gasteiger partial charge in [-0.2, -0.15) is 4.98 Å². The first-order chi connectivity index (χ1) is 11.3. The van der Waals surface area contributed by atoms with Gasteiger partial charge in [-0.15, -0.1) is 0 Å². The van der Waals surface area contributed by atoms with Gasteiger partial charge in [-0.1, -0.05) is 12.2 Å². The summed E-state index contributed by atoms with van der Waals surface area (Å²) in [5, 5.41) is 0. The van der Waals surface area contributed by atoms with Gasteiger partial charge in [0.05, 0.1) is 26.0 Å². The number of nitrogens with zero attached hydrogens (tertiary/aromatic N) is 3. The average molecular weight is 317 g/mol. The summed E-state index contributed by atoms with van der Waals surface area (Å²) < 4.78 is 11.0. The fraction of sp³-hybridized carbons (Fsp3) is 0.588. The summed E-state index contributed by atoms with van der Waals surface area (Å²) in [6.07, 6.45) is 12.1. The molecule has 1 fully saturated rings. The summed E-state index contributed by atoms with van der Waals surface area (Å²) in [7, 11) is 1.55. The summed E-state index contributed by atoms with van der Waals surface area (Å²) >= 11 is 0. The highest BCUT2D eigenvalue weighted by Gasteiger charge is 2.29. The lowest BCUT2D eigenvalue weighted by Gasteiger charge is -2.35. The van der Waals surface area contributed by atoms with E-state index in [-0.39, 0.29) is 17.9 Å². The van der Waals surface area contributed by atoms with E-state index >= 15 is 0 Å². The number of ether oxygens (including phenoxy) is 2. The van der Waals surface area contributed by atoms with E-state index in [0.717, 1.165) is 38.6 Å². The zero-order valence-electron chi connectivity index (χ0n) is 13.5. The first kappa shape index (κ1) is 15.8. The lowest BCUT2D eigenvalue weighted by Crippen LogP contribution is -2.46. The smallest absolute Gasteiger partial charge is 0.235 e. The minimum Gasteiger partial charge on any atom is -0.480 e. The molecule has 0 spiro atoms. The van der Waals surface area contributed by atoms with Gasteiger partial charge in [0, 0.05) is 12.5 Å². The van der Waals surface area contributed by atoms with Crippen LogP contribution in [0.5, 0.6) is 11.8 Å². The quantitative estimate of drug-likeness (QED) is 0.797. The van der Waals surface area contributed by atoms with Crippen LogP contribution >= 0.6 is 0 Å². The molecule has 0 saturated carbocycles. The first-order valence-corrected chi connectivity index (χ1v) is 8.22. The number of rotatable bonds is 4. The Hall–Kier alpha value is -2.11. The lowest BCUT2D eigenvalue weighted by molar-refractivity contribution is -0.138. The van der Waals surface area contributed by atoms with Crippen LogP contribution in [0.3, 0.4) is 0 Å². The van der Waals surface area contributed by atoms with Crippen molar-refractivity contribution in [3.05, 3.63) is 24.5 Å². The largest absolute Gasteiger partial charge is 0.480 e. The van der Waals surface area contributed by atoms with Gasteiger partial charge in [-0.05, 0) is 32.1 Å². The normalized spacial score (nSPS) is 24.3. The van der Waals surface area contributed by atoms with E-state index in [0.29, 0.717) is 18.3 Å². The van der Waals surface area contributed by atoms with Crippen LogP contribution in [0.25, 0.3) is 0 Å². The second-order valence-electron chi connectivity index (χ2n) is 6.05. The number of piperidine rings is 1. The molecule has 2 heterocycles. The number of hydrogen-bond acceptors (Lipinski definition) is 5. The Balaban J connectivity index is 1.59. The Morgan fingerprint density at radius 2 is 2.13 bits per heavy atom. The second kappa shape index (κ2) is 7.44. The van der Waals surface area contributed by atoms with Gasteiger partial charge in [0.2, 0.25) is 17.7 Å². The van der Waals surface area contributed by atoms with Crippen LogP contribution < -0.4 is 9.47 Å². The van der Waals surface area contributed by atoms with E-state index in [1.165, 1.54) is 0 Å². The Kier molecular flexibility index (Phi) is 5.10. The number of methoxy groups -OCH3 is 1. The molecule has 6 heteroatoms. The molecule has 1 aliphatic carbocycles. The maximum absolute atomic E-state index is 12.6. The van der Waals surface area contributed by atoms with Crippen molar-refractivity contribution >= 4 is 5.91 Å². The molecule has 1 aliphatic heterocycles. The minimum absolute atomic E-state index is 0.0340. The predicted molar refractivity (Wildman–Crippen MR) is 85.3 cm³/mol. The standard InChI is InChI=1S/C17H23N3O3/c1-22-15-10-18-11-16(19-15)23-14-8-5-9-20(12-14)17(21)13-6-3-2-4-7-13/h2-3,10-11,13-14H,4-9,12H2,1H3. The SMILES string of the molecule is COc1cncc(OC2CCCN(C(=O)C3CC=CCC3)C2)n1. The van der Waals surface area contributed by atoms with Gasteiger partial charge >= 0.3 is 0 Å². The Bertz CT molecular complexity index is 576. The zero-order valence-corrected chi connectivity index (χ0v) is 13.5. The molecule has 3 rings (SSSR count). The molecule has 2 atom stereocenters. The zero-order chi connectivity index (χ0) is 16.1. The van der Waals surface area contributed by atoms with Gasteiger partial charge in [-0.3, -0.25) is 9.78 Å². The van der Waals surface area contributed by atoms with E-state index in [9.17, 15) is 4.79 Å². The van der Waals surface area contributed by atoms with Crippen LogP contribution in [0.2, 0.25) is 0 Å². The summed E-state index contributed by atoms with van der Waals surface area (Å²) in [6, 6.07) is 0. The number of amides is 1. The van der Waals surface area contributed by atoms with Crippen LogP contribution in [0.15, 0.2) is 24.5 Å². The van der Waals surface area contributed by atoms with E-state index in [2.05, 4.69) is 22.1 Å². The first-order valence-electron chi connectivity index (χ1n) is 8.22. The number of carbonyl (C=O) groups excluding carboxylic acids is 1. The molecule has 124 valence electrons. The highest BCUT2D eigenvalue weighted by atomic mass is 16.5. The van der Waals surface area contributed by atoms with Gasteiger partial charge in [0.25, 0.3) is 0 Å². The number of aromatic nitrogens is 2. The molecule has 0 radical (unpaired) electrons. The molecule has 0 bridgehead atoms. The van der Waals surface area contributed by atoms with Crippen LogP contribution in [-0.2, 0) is 4.79 Å². The van der Waals surface area contributed by atoms with Crippen molar-refractivity contribution in [2.75, 3.05) is 20.2 Å². The molecule has 1 amide bonds. The summed E-state index contributed by atoms with van der Waals surface area (Å²) in [5.74, 6) is 1.28. The molecule has 23 heavy (non-hydrogen) atoms. The molecular weight excluding hydrogens is 294 g/mol. The Morgan fingerprint density at radius 1 is 1.26 bits per heavy atom. The third-order valence-corrected chi connectivity index (χ3v) is 4.40. The van der Waals surface area contributed by atoms with Crippen LogP contribution in [0, 0.1) is 5.92 Å². The molecule has 1 aromatic rings. The molecule has 2 unspecified atom stereocenters. The van der Waals surface area contributed by atoms with Crippen molar-refractivity contribution in [3.63, 3.8) is 0 Å². The molecule has 1 aromatic heterocycles. The summed E-state index contributed by atoms with van der Waals surface area (Å²) in [4.78, 5) is 22.9. The monoisotopic (exact) mass is 317 g/mol. The third-order valence-electron chi connectivity index (χ3n) is 4.40. The Labute approximate surface area is 136 Å². The third kappa shape index (κ3) is 4.00. The molecule has 0 aromatic carbocycles. The minimum atomic E-state index is -0.0340. The highest BCUT2D eigenvalue weighted by Crippen LogP contribution is 2.24. The lowest BCUT2D eigenvalue weighted by atomic mass is 9.92. The van der Waals surface area contributed by atoms with Crippen molar-refractivity contribution < 1.29 is 14.3 Å². The van der Waals surface area contributed by atoms with Crippen LogP contribution in [0.4, 0.5) is 0 Å². The number of hydrogen-bond donors (Lipinski definition) is 0. The van der Waals surface area contributed by atoms with E-state index in [1.807, 2.05) is 4.90 Å². The summed E-state index contributed by atoms with van der Waals surface area (Å²) in [6.45, 7) is 1.45. The number of carbonyl (C=O) groups is 1. The van der Waals surface area contributed by atoms with Crippen molar-refractivity contribution in [1.29, 1.82) is 0 Å². The maximum atomic E-state index is 12.6. The van der Waals surface area contributed by atoms with Gasteiger partial charge in [0.1, 0.15) is 6.10 Å². The Morgan fingerprint density at radius 3 is 2.91 bits per heavy atom. The van der Waals surface area contributed by atoms with E-state index < -0.39 is 0 Å². The molecule has 1 saturated heterocycles. The van der Waals surface area contributed by atoms with Gasteiger partial charge < -0.3 is 14.4 Å².